The zero-order valence-corrected chi connectivity index (χ0v) is 13.7. The van der Waals surface area contributed by atoms with Gasteiger partial charge in [0.1, 0.15) is 11.4 Å². The number of nitrogens with one attached hydrogen (secondary N) is 1. The zero-order chi connectivity index (χ0) is 17.7. The van der Waals surface area contributed by atoms with E-state index in [9.17, 15) is 18.5 Å². The van der Waals surface area contributed by atoms with Crippen LogP contribution in [0.3, 0.4) is 0 Å². The molecule has 0 saturated heterocycles. The highest BCUT2D eigenvalue weighted by atomic mass is 32.2. The molecule has 0 aliphatic heterocycles. The number of aromatic nitrogens is 1. The predicted octanol–water partition coefficient (Wildman–Crippen LogP) is 1.95. The van der Waals surface area contributed by atoms with Gasteiger partial charge in [-0.25, -0.2) is 8.42 Å². The Morgan fingerprint density at radius 3 is 2.50 bits per heavy atom. The van der Waals surface area contributed by atoms with E-state index in [2.05, 4.69) is 9.71 Å². The molecule has 0 unspecified atom stereocenters. The summed E-state index contributed by atoms with van der Waals surface area (Å²) >= 11 is 0. The van der Waals surface area contributed by atoms with E-state index in [0.29, 0.717) is 0 Å². The smallest absolute Gasteiger partial charge is 0.273 e. The summed E-state index contributed by atoms with van der Waals surface area (Å²) in [5.41, 5.74) is -0.0741. The first-order valence-corrected chi connectivity index (χ1v) is 8.33. The maximum Gasteiger partial charge on any atom is 0.273 e. The Labute approximate surface area is 138 Å². The van der Waals surface area contributed by atoms with Crippen molar-refractivity contribution in [2.75, 3.05) is 18.9 Å². The molecule has 24 heavy (non-hydrogen) atoms. The Hall–Kier alpha value is -2.88. The van der Waals surface area contributed by atoms with Gasteiger partial charge >= 0.3 is 0 Å². The first kappa shape index (κ1) is 17.5. The van der Waals surface area contributed by atoms with Gasteiger partial charge in [-0.2, -0.15) is 4.98 Å². The molecule has 0 spiro atoms. The van der Waals surface area contributed by atoms with Gasteiger partial charge in [0.15, 0.2) is 0 Å². The first-order chi connectivity index (χ1) is 11.4. The molecule has 10 heteroatoms. The molecule has 2 rings (SSSR count). The number of rotatable bonds is 7. The molecule has 2 aromatic rings. The van der Waals surface area contributed by atoms with E-state index in [1.54, 1.807) is 0 Å². The number of benzene rings is 1. The monoisotopic (exact) mass is 353 g/mol. The maximum absolute atomic E-state index is 12.3. The number of nitrogens with zero attached hydrogens (tertiary/aromatic N) is 2. The Balaban J connectivity index is 2.28. The summed E-state index contributed by atoms with van der Waals surface area (Å²) in [6.07, 6.45) is 0. The number of hydrogen-bond donors (Lipinski definition) is 1. The molecule has 0 bridgehead atoms. The minimum atomic E-state index is -3.91. The number of anilines is 1. The van der Waals surface area contributed by atoms with Gasteiger partial charge in [0.05, 0.1) is 19.1 Å². The van der Waals surface area contributed by atoms with Crippen molar-refractivity contribution in [2.45, 2.75) is 5.75 Å². The largest absolute Gasteiger partial charge is 0.481 e. The number of para-hydroxylation sites is 1. The van der Waals surface area contributed by atoms with E-state index in [0.717, 1.165) is 0 Å². The van der Waals surface area contributed by atoms with Crippen molar-refractivity contribution in [1.82, 2.24) is 4.98 Å². The number of nitro benzene ring substituents is 1. The molecule has 9 nitrogen and oxygen atoms in total. The molecule has 0 aliphatic rings. The molecule has 0 atom stereocenters. The fourth-order valence-electron chi connectivity index (χ4n) is 1.99. The second-order valence-electron chi connectivity index (χ2n) is 4.66. The molecule has 128 valence electrons. The van der Waals surface area contributed by atoms with Crippen LogP contribution in [0.5, 0.6) is 11.8 Å². The van der Waals surface area contributed by atoms with Crippen LogP contribution in [0.15, 0.2) is 36.4 Å². The molecule has 1 N–H and O–H groups in total. The van der Waals surface area contributed by atoms with E-state index >= 15 is 0 Å². The van der Waals surface area contributed by atoms with Crippen molar-refractivity contribution in [1.29, 1.82) is 0 Å². The van der Waals surface area contributed by atoms with Crippen LogP contribution >= 0.6 is 0 Å². The van der Waals surface area contributed by atoms with Crippen LogP contribution in [0, 0.1) is 10.1 Å². The van der Waals surface area contributed by atoms with Gasteiger partial charge in [-0.1, -0.05) is 18.2 Å². The summed E-state index contributed by atoms with van der Waals surface area (Å²) < 4.78 is 36.9. The lowest BCUT2D eigenvalue weighted by atomic mass is 10.2. The molecule has 0 radical (unpaired) electrons. The summed E-state index contributed by atoms with van der Waals surface area (Å²) in [5.74, 6) is -0.270. The van der Waals surface area contributed by atoms with E-state index in [1.165, 1.54) is 50.6 Å². The van der Waals surface area contributed by atoms with Gasteiger partial charge in [0, 0.05) is 17.7 Å². The normalized spacial score (nSPS) is 10.9. The number of sulfonamides is 1. The Kier molecular flexibility index (Phi) is 5.19. The van der Waals surface area contributed by atoms with E-state index < -0.39 is 20.7 Å². The van der Waals surface area contributed by atoms with Crippen LogP contribution in [-0.4, -0.2) is 32.5 Å². The van der Waals surface area contributed by atoms with E-state index in [4.69, 9.17) is 9.47 Å². The van der Waals surface area contributed by atoms with Crippen molar-refractivity contribution in [3.8, 4) is 11.8 Å². The third-order valence-corrected chi connectivity index (χ3v) is 4.26. The number of pyridine rings is 1. The Morgan fingerprint density at radius 1 is 1.17 bits per heavy atom. The second kappa shape index (κ2) is 7.13. The first-order valence-electron chi connectivity index (χ1n) is 6.68. The van der Waals surface area contributed by atoms with Gasteiger partial charge in [-0.15, -0.1) is 0 Å². The van der Waals surface area contributed by atoms with Crippen LogP contribution in [0.1, 0.15) is 5.56 Å². The lowest BCUT2D eigenvalue weighted by Crippen LogP contribution is -2.16. The summed E-state index contributed by atoms with van der Waals surface area (Å²) in [6.45, 7) is 0. The van der Waals surface area contributed by atoms with Crippen LogP contribution < -0.4 is 14.2 Å². The third-order valence-electron chi connectivity index (χ3n) is 3.04. The highest BCUT2D eigenvalue weighted by Gasteiger charge is 2.21. The highest BCUT2D eigenvalue weighted by molar-refractivity contribution is 7.91. The summed E-state index contributed by atoms with van der Waals surface area (Å²) in [5, 5.41) is 11.0. The summed E-state index contributed by atoms with van der Waals surface area (Å²) in [7, 11) is -1.16. The van der Waals surface area contributed by atoms with Gasteiger partial charge in [-0.3, -0.25) is 14.8 Å². The van der Waals surface area contributed by atoms with E-state index in [-0.39, 0.29) is 28.7 Å². The molecule has 0 saturated carbocycles. The van der Waals surface area contributed by atoms with Gasteiger partial charge in [0.25, 0.3) is 5.69 Å². The van der Waals surface area contributed by atoms with Crippen molar-refractivity contribution in [3.05, 3.63) is 52.1 Å². The summed E-state index contributed by atoms with van der Waals surface area (Å²) in [6, 6.07) is 8.54. The van der Waals surface area contributed by atoms with Gasteiger partial charge in [0.2, 0.25) is 21.8 Å². The summed E-state index contributed by atoms with van der Waals surface area (Å²) in [4.78, 5) is 14.3. The fraction of sp³-hybridized carbons (Fsp3) is 0.214. The van der Waals surface area contributed by atoms with Crippen molar-refractivity contribution in [3.63, 3.8) is 0 Å². The lowest BCUT2D eigenvalue weighted by Gasteiger charge is -2.12. The van der Waals surface area contributed by atoms with Crippen molar-refractivity contribution in [2.24, 2.45) is 0 Å². The van der Waals surface area contributed by atoms with Crippen LogP contribution in [0.4, 0.5) is 11.4 Å². The molecule has 0 aliphatic carbocycles. The highest BCUT2D eigenvalue weighted by Crippen LogP contribution is 2.27. The lowest BCUT2D eigenvalue weighted by molar-refractivity contribution is -0.385. The molecule has 1 aromatic heterocycles. The van der Waals surface area contributed by atoms with Crippen molar-refractivity contribution < 1.29 is 22.8 Å². The minimum absolute atomic E-state index is 0.0282. The standard InChI is InChI=1S/C14H15N3O6S/c1-22-13-8-7-11(14(15-13)23-2)16-24(20,21)9-10-5-3-4-6-12(10)17(18)19/h3-8,16H,9H2,1-2H3. The zero-order valence-electron chi connectivity index (χ0n) is 12.9. The minimum Gasteiger partial charge on any atom is -0.481 e. The average Bonchev–Trinajstić information content (AvgIpc) is 2.54. The number of ether oxygens (including phenoxy) is 2. The van der Waals surface area contributed by atoms with Crippen LogP contribution in [0.25, 0.3) is 0 Å². The molecular formula is C14H15N3O6S. The predicted molar refractivity (Wildman–Crippen MR) is 86.7 cm³/mol. The molecule has 1 aromatic carbocycles. The Morgan fingerprint density at radius 2 is 1.88 bits per heavy atom. The molecule has 0 amide bonds. The van der Waals surface area contributed by atoms with E-state index in [1.807, 2.05) is 0 Å². The van der Waals surface area contributed by atoms with Crippen LogP contribution in [-0.2, 0) is 15.8 Å². The fourth-order valence-corrected chi connectivity index (χ4v) is 3.21. The maximum atomic E-state index is 12.3. The van der Waals surface area contributed by atoms with Gasteiger partial charge < -0.3 is 9.47 Å². The van der Waals surface area contributed by atoms with Gasteiger partial charge in [-0.05, 0) is 6.07 Å². The number of nitro groups is 1. The number of methoxy groups -OCH3 is 2. The molecular weight excluding hydrogens is 338 g/mol. The van der Waals surface area contributed by atoms with Crippen LogP contribution in [0.2, 0.25) is 0 Å². The Bertz CT molecular complexity index is 853. The molecule has 1 heterocycles. The second-order valence-corrected chi connectivity index (χ2v) is 6.38. The van der Waals surface area contributed by atoms with Crippen molar-refractivity contribution >= 4 is 21.4 Å². The third kappa shape index (κ3) is 4.10. The quantitative estimate of drug-likeness (QED) is 0.596. The average molecular weight is 353 g/mol. The molecule has 0 fully saturated rings. The number of hydrogen-bond acceptors (Lipinski definition) is 7. The topological polar surface area (TPSA) is 121 Å². The SMILES string of the molecule is COc1ccc(NS(=O)(=O)Cc2ccccc2[N+](=O)[O-])c(OC)n1.